The van der Waals surface area contributed by atoms with Crippen molar-refractivity contribution >= 4 is 5.97 Å². The zero-order valence-electron chi connectivity index (χ0n) is 7.98. The van der Waals surface area contributed by atoms with E-state index in [1.807, 2.05) is 13.8 Å². The van der Waals surface area contributed by atoms with Gasteiger partial charge in [0.15, 0.2) is 0 Å². The maximum atomic E-state index is 10.5. The highest BCUT2D eigenvalue weighted by Gasteiger charge is 2.13. The molecule has 1 heterocycles. The van der Waals surface area contributed by atoms with Crippen LogP contribution in [0.5, 0.6) is 0 Å². The molecule has 0 aromatic carbocycles. The first-order chi connectivity index (χ1) is 6.02. The Kier molecular flexibility index (Phi) is 2.65. The molecule has 0 aliphatic heterocycles. The fraction of sp³-hybridized carbons (Fsp3) is 0.625. The summed E-state index contributed by atoms with van der Waals surface area (Å²) in [7, 11) is 0. The number of aliphatic carboxylic acids is 1. The van der Waals surface area contributed by atoms with Crippen molar-refractivity contribution in [1.82, 2.24) is 14.8 Å². The van der Waals surface area contributed by atoms with Crippen molar-refractivity contribution in [3.8, 4) is 0 Å². The molecule has 0 aliphatic carbocycles. The molecule has 0 aliphatic rings. The van der Waals surface area contributed by atoms with Crippen LogP contribution in [0.4, 0.5) is 0 Å². The van der Waals surface area contributed by atoms with Gasteiger partial charge in [0, 0.05) is 5.92 Å². The van der Waals surface area contributed by atoms with Crippen LogP contribution in [0.25, 0.3) is 0 Å². The molecule has 1 N–H and O–H groups in total. The van der Waals surface area contributed by atoms with Gasteiger partial charge >= 0.3 is 5.97 Å². The molecule has 0 amide bonds. The highest BCUT2D eigenvalue weighted by atomic mass is 16.4. The van der Waals surface area contributed by atoms with Crippen molar-refractivity contribution in [3.63, 3.8) is 0 Å². The van der Waals surface area contributed by atoms with Gasteiger partial charge in [-0.15, -0.1) is 10.2 Å². The topological polar surface area (TPSA) is 68.0 Å². The largest absolute Gasteiger partial charge is 0.480 e. The van der Waals surface area contributed by atoms with Crippen LogP contribution in [0.1, 0.15) is 31.4 Å². The molecule has 0 bridgehead atoms. The van der Waals surface area contributed by atoms with Gasteiger partial charge in [0.05, 0.1) is 0 Å². The fourth-order valence-corrected chi connectivity index (χ4v) is 1.16. The van der Waals surface area contributed by atoms with E-state index in [0.717, 1.165) is 5.82 Å². The highest BCUT2D eigenvalue weighted by Crippen LogP contribution is 2.12. The third-order valence-corrected chi connectivity index (χ3v) is 1.77. The summed E-state index contributed by atoms with van der Waals surface area (Å²) in [5.41, 5.74) is 0. The van der Waals surface area contributed by atoms with Gasteiger partial charge in [0.25, 0.3) is 0 Å². The molecule has 0 radical (unpaired) electrons. The average Bonchev–Trinajstić information content (AvgIpc) is 2.32. The van der Waals surface area contributed by atoms with Crippen LogP contribution in [0.15, 0.2) is 0 Å². The summed E-state index contributed by atoms with van der Waals surface area (Å²) in [5.74, 6) is 0.691. The number of carboxylic acids is 1. The standard InChI is InChI=1S/C8H13N3O2/c1-5(2)8-10-9-6(3)11(8)4-7(12)13/h5H,4H2,1-3H3,(H,12,13). The first-order valence-electron chi connectivity index (χ1n) is 4.14. The lowest BCUT2D eigenvalue weighted by atomic mass is 10.2. The van der Waals surface area contributed by atoms with Gasteiger partial charge in [0.2, 0.25) is 0 Å². The number of hydrogen-bond donors (Lipinski definition) is 1. The number of rotatable bonds is 3. The zero-order valence-corrected chi connectivity index (χ0v) is 7.98. The molecule has 0 fully saturated rings. The fourth-order valence-electron chi connectivity index (χ4n) is 1.16. The van der Waals surface area contributed by atoms with Crippen LogP contribution in [0.2, 0.25) is 0 Å². The number of aromatic nitrogens is 3. The van der Waals surface area contributed by atoms with Gasteiger partial charge in [-0.2, -0.15) is 0 Å². The second-order valence-corrected chi connectivity index (χ2v) is 3.24. The van der Waals surface area contributed by atoms with E-state index in [-0.39, 0.29) is 12.5 Å². The van der Waals surface area contributed by atoms with Crippen molar-refractivity contribution < 1.29 is 9.90 Å². The second-order valence-electron chi connectivity index (χ2n) is 3.24. The third-order valence-electron chi connectivity index (χ3n) is 1.77. The number of nitrogens with zero attached hydrogens (tertiary/aromatic N) is 3. The number of hydrogen-bond acceptors (Lipinski definition) is 3. The monoisotopic (exact) mass is 183 g/mol. The van der Waals surface area contributed by atoms with Crippen LogP contribution in [0.3, 0.4) is 0 Å². The molecule has 0 spiro atoms. The van der Waals surface area contributed by atoms with Crippen LogP contribution < -0.4 is 0 Å². The molecule has 72 valence electrons. The summed E-state index contributed by atoms with van der Waals surface area (Å²) in [4.78, 5) is 10.5. The van der Waals surface area contributed by atoms with Gasteiger partial charge in [-0.05, 0) is 6.92 Å². The summed E-state index contributed by atoms with van der Waals surface area (Å²) >= 11 is 0. The third kappa shape index (κ3) is 2.05. The van der Waals surface area contributed by atoms with E-state index in [1.165, 1.54) is 0 Å². The van der Waals surface area contributed by atoms with E-state index in [4.69, 9.17) is 5.11 Å². The van der Waals surface area contributed by atoms with Crippen LogP contribution in [0, 0.1) is 6.92 Å². The Morgan fingerprint density at radius 3 is 2.62 bits per heavy atom. The van der Waals surface area contributed by atoms with E-state index >= 15 is 0 Å². The van der Waals surface area contributed by atoms with Crippen molar-refractivity contribution in [2.75, 3.05) is 0 Å². The normalized spacial score (nSPS) is 10.8. The Labute approximate surface area is 76.4 Å². The van der Waals surface area contributed by atoms with E-state index in [2.05, 4.69) is 10.2 Å². The molecule has 0 saturated heterocycles. The van der Waals surface area contributed by atoms with Gasteiger partial charge in [-0.25, -0.2) is 0 Å². The van der Waals surface area contributed by atoms with E-state index in [0.29, 0.717) is 5.82 Å². The number of carbonyl (C=O) groups is 1. The minimum absolute atomic E-state index is 0.0631. The SMILES string of the molecule is Cc1nnc(C(C)C)n1CC(=O)O. The molecule has 0 unspecified atom stereocenters. The summed E-state index contributed by atoms with van der Waals surface area (Å²) in [6, 6.07) is 0. The lowest BCUT2D eigenvalue weighted by Crippen LogP contribution is -2.14. The molecule has 1 aromatic rings. The van der Waals surface area contributed by atoms with E-state index in [9.17, 15) is 4.79 Å². The van der Waals surface area contributed by atoms with Crippen molar-refractivity contribution in [1.29, 1.82) is 0 Å². The predicted octanol–water partition coefficient (Wildman–Crippen LogP) is 0.795. The molecule has 1 rings (SSSR count). The number of carboxylic acid groups (broad SMARTS) is 1. The van der Waals surface area contributed by atoms with Crippen molar-refractivity contribution in [3.05, 3.63) is 11.6 Å². The minimum atomic E-state index is -0.871. The van der Waals surface area contributed by atoms with Crippen LogP contribution in [-0.4, -0.2) is 25.8 Å². The van der Waals surface area contributed by atoms with Gasteiger partial charge in [-0.3, -0.25) is 4.79 Å². The molecule has 13 heavy (non-hydrogen) atoms. The maximum absolute atomic E-state index is 10.5. The second kappa shape index (κ2) is 3.55. The Hall–Kier alpha value is -1.39. The quantitative estimate of drug-likeness (QED) is 0.752. The first-order valence-corrected chi connectivity index (χ1v) is 4.14. The van der Waals surface area contributed by atoms with E-state index in [1.54, 1.807) is 11.5 Å². The summed E-state index contributed by atoms with van der Waals surface area (Å²) in [6.45, 7) is 5.61. The lowest BCUT2D eigenvalue weighted by molar-refractivity contribution is -0.137. The van der Waals surface area contributed by atoms with Gasteiger partial charge in [-0.1, -0.05) is 13.8 Å². The molecule has 5 heteroatoms. The lowest BCUT2D eigenvalue weighted by Gasteiger charge is -2.07. The molecule has 1 aromatic heterocycles. The Morgan fingerprint density at radius 2 is 2.15 bits per heavy atom. The summed E-state index contributed by atoms with van der Waals surface area (Å²) in [6.07, 6.45) is 0. The van der Waals surface area contributed by atoms with Crippen LogP contribution >= 0.6 is 0 Å². The maximum Gasteiger partial charge on any atom is 0.323 e. The molecule has 0 atom stereocenters. The predicted molar refractivity (Wildman–Crippen MR) is 46.5 cm³/mol. The molecular formula is C8H13N3O2. The summed E-state index contributed by atoms with van der Waals surface area (Å²) in [5, 5.41) is 16.4. The Morgan fingerprint density at radius 1 is 1.54 bits per heavy atom. The average molecular weight is 183 g/mol. The van der Waals surface area contributed by atoms with Crippen molar-refractivity contribution in [2.45, 2.75) is 33.2 Å². The van der Waals surface area contributed by atoms with Gasteiger partial charge < -0.3 is 9.67 Å². The minimum Gasteiger partial charge on any atom is -0.480 e. The van der Waals surface area contributed by atoms with Crippen LogP contribution in [-0.2, 0) is 11.3 Å². The van der Waals surface area contributed by atoms with Crippen molar-refractivity contribution in [2.24, 2.45) is 0 Å². The van der Waals surface area contributed by atoms with E-state index < -0.39 is 5.97 Å². The van der Waals surface area contributed by atoms with Gasteiger partial charge in [0.1, 0.15) is 18.2 Å². The zero-order chi connectivity index (χ0) is 10.0. The molecular weight excluding hydrogens is 170 g/mol. The smallest absolute Gasteiger partial charge is 0.323 e. The molecule has 5 nitrogen and oxygen atoms in total. The Bertz CT molecular complexity index is 317. The Balaban J connectivity index is 3.01. The molecule has 0 saturated carbocycles. The summed E-state index contributed by atoms with van der Waals surface area (Å²) < 4.78 is 1.62. The highest BCUT2D eigenvalue weighted by molar-refractivity contribution is 5.66. The number of aryl methyl sites for hydroxylation is 1. The first kappa shape index (κ1) is 9.70.